The first-order valence-electron chi connectivity index (χ1n) is 5.06. The van der Waals surface area contributed by atoms with Gasteiger partial charge in [0.2, 0.25) is 0 Å². The third kappa shape index (κ3) is 2.63. The quantitative estimate of drug-likeness (QED) is 0.739. The Morgan fingerprint density at radius 3 is 3.07 bits per heavy atom. The second-order valence-corrected chi connectivity index (χ2v) is 4.86. The van der Waals surface area contributed by atoms with Crippen molar-refractivity contribution in [3.8, 4) is 0 Å². The molecule has 1 aliphatic heterocycles. The highest BCUT2D eigenvalue weighted by Gasteiger charge is 2.24. The molecule has 1 aliphatic rings. The minimum Gasteiger partial charge on any atom is -0.457 e. The molecule has 0 N–H and O–H groups in total. The predicted molar refractivity (Wildman–Crippen MR) is 59.2 cm³/mol. The third-order valence-electron chi connectivity index (χ3n) is 2.54. The smallest absolute Gasteiger partial charge is 0.185 e. The molecular formula is C11H14O3S. The van der Waals surface area contributed by atoms with Gasteiger partial charge in [-0.25, -0.2) is 0 Å². The normalized spacial score (nSPS) is 25.7. The van der Waals surface area contributed by atoms with E-state index in [0.29, 0.717) is 17.1 Å². The van der Waals surface area contributed by atoms with E-state index in [1.54, 1.807) is 6.07 Å². The maximum atomic E-state index is 10.4. The number of carbonyl (C=O) groups is 1. The maximum Gasteiger partial charge on any atom is 0.185 e. The second-order valence-electron chi connectivity index (χ2n) is 3.64. The van der Waals surface area contributed by atoms with Crippen molar-refractivity contribution in [3.05, 3.63) is 23.7 Å². The molecule has 1 saturated heterocycles. The lowest BCUT2D eigenvalue weighted by molar-refractivity contribution is 0.109. The topological polar surface area (TPSA) is 39.4 Å². The van der Waals surface area contributed by atoms with E-state index in [9.17, 15) is 4.79 Å². The van der Waals surface area contributed by atoms with Crippen molar-refractivity contribution in [3.63, 3.8) is 0 Å². The first-order valence-corrected chi connectivity index (χ1v) is 6.11. The molecule has 0 spiro atoms. The van der Waals surface area contributed by atoms with Gasteiger partial charge in [0, 0.05) is 11.9 Å². The molecule has 2 unspecified atom stereocenters. The lowest BCUT2D eigenvalue weighted by Crippen LogP contribution is -2.13. The van der Waals surface area contributed by atoms with E-state index >= 15 is 0 Å². The fraction of sp³-hybridized carbons (Fsp3) is 0.545. The number of hydrogen-bond acceptors (Lipinski definition) is 4. The average molecular weight is 226 g/mol. The zero-order valence-electron chi connectivity index (χ0n) is 8.64. The number of aldehydes is 1. The molecule has 15 heavy (non-hydrogen) atoms. The number of thioether (sulfide) groups is 1. The summed E-state index contributed by atoms with van der Waals surface area (Å²) in [7, 11) is 0. The Bertz CT molecular complexity index is 334. The first-order chi connectivity index (χ1) is 7.29. The molecule has 0 bridgehead atoms. The fourth-order valence-electron chi connectivity index (χ4n) is 1.66. The molecule has 4 heteroatoms. The summed E-state index contributed by atoms with van der Waals surface area (Å²) in [4.78, 5) is 10.4. The van der Waals surface area contributed by atoms with Crippen LogP contribution in [0.1, 0.15) is 29.7 Å². The van der Waals surface area contributed by atoms with Gasteiger partial charge in [-0.2, -0.15) is 0 Å². The van der Waals surface area contributed by atoms with Crippen molar-refractivity contribution in [2.24, 2.45) is 0 Å². The Kier molecular flexibility index (Phi) is 3.49. The van der Waals surface area contributed by atoms with Crippen molar-refractivity contribution in [2.45, 2.75) is 30.5 Å². The van der Waals surface area contributed by atoms with Crippen LogP contribution in [0.2, 0.25) is 0 Å². The molecule has 1 aromatic rings. The zero-order valence-corrected chi connectivity index (χ0v) is 9.46. The van der Waals surface area contributed by atoms with Gasteiger partial charge in [0.15, 0.2) is 12.0 Å². The molecule has 82 valence electrons. The number of ether oxygens (including phenoxy) is 1. The van der Waals surface area contributed by atoms with E-state index in [0.717, 1.165) is 30.8 Å². The van der Waals surface area contributed by atoms with Crippen LogP contribution in [0.3, 0.4) is 0 Å². The van der Waals surface area contributed by atoms with Crippen molar-refractivity contribution in [1.82, 2.24) is 0 Å². The number of furan rings is 1. The molecule has 3 nitrogen and oxygen atoms in total. The highest BCUT2D eigenvalue weighted by atomic mass is 32.2. The van der Waals surface area contributed by atoms with E-state index in [1.807, 2.05) is 17.8 Å². The van der Waals surface area contributed by atoms with E-state index in [1.165, 1.54) is 0 Å². The number of carbonyl (C=O) groups excluding carboxylic acids is 1. The van der Waals surface area contributed by atoms with Crippen LogP contribution in [0.5, 0.6) is 0 Å². The van der Waals surface area contributed by atoms with Crippen LogP contribution in [0.15, 0.2) is 16.5 Å². The van der Waals surface area contributed by atoms with Gasteiger partial charge >= 0.3 is 0 Å². The summed E-state index contributed by atoms with van der Waals surface area (Å²) in [6.07, 6.45) is 2.17. The molecule has 1 fully saturated rings. The van der Waals surface area contributed by atoms with Crippen LogP contribution >= 0.6 is 11.8 Å². The zero-order chi connectivity index (χ0) is 10.7. The van der Waals surface area contributed by atoms with Gasteiger partial charge in [-0.15, -0.1) is 11.8 Å². The molecule has 2 rings (SSSR count). The number of rotatable bonds is 4. The van der Waals surface area contributed by atoms with Crippen LogP contribution in [-0.4, -0.2) is 24.2 Å². The minimum atomic E-state index is 0.329. The lowest BCUT2D eigenvalue weighted by Gasteiger charge is -2.11. The molecule has 0 aromatic carbocycles. The van der Waals surface area contributed by atoms with Crippen molar-refractivity contribution in [1.29, 1.82) is 0 Å². The molecule has 2 atom stereocenters. The van der Waals surface area contributed by atoms with E-state index in [2.05, 4.69) is 6.92 Å². The summed E-state index contributed by atoms with van der Waals surface area (Å²) in [6.45, 7) is 2.96. The van der Waals surface area contributed by atoms with Crippen molar-refractivity contribution < 1.29 is 13.9 Å². The Hall–Kier alpha value is -0.740. The monoisotopic (exact) mass is 226 g/mol. The highest BCUT2D eigenvalue weighted by molar-refractivity contribution is 7.99. The second kappa shape index (κ2) is 4.86. The Morgan fingerprint density at radius 1 is 1.60 bits per heavy atom. The van der Waals surface area contributed by atoms with E-state index < -0.39 is 0 Å². The van der Waals surface area contributed by atoms with Gasteiger partial charge < -0.3 is 9.15 Å². The Balaban J connectivity index is 1.84. The van der Waals surface area contributed by atoms with Gasteiger partial charge in [-0.3, -0.25) is 4.79 Å². The van der Waals surface area contributed by atoms with Crippen LogP contribution in [0.25, 0.3) is 0 Å². The first kappa shape index (κ1) is 10.8. The minimum absolute atomic E-state index is 0.329. The molecule has 0 aliphatic carbocycles. The van der Waals surface area contributed by atoms with Gasteiger partial charge in [0.25, 0.3) is 0 Å². The van der Waals surface area contributed by atoms with Gasteiger partial charge in [0.05, 0.1) is 11.9 Å². The summed E-state index contributed by atoms with van der Waals surface area (Å²) in [6, 6.07) is 3.56. The van der Waals surface area contributed by atoms with E-state index in [-0.39, 0.29) is 0 Å². The molecule has 0 saturated carbocycles. The Labute approximate surface area is 93.2 Å². The van der Waals surface area contributed by atoms with Crippen molar-refractivity contribution >= 4 is 18.0 Å². The Morgan fingerprint density at radius 2 is 2.47 bits per heavy atom. The third-order valence-corrected chi connectivity index (χ3v) is 4.04. The van der Waals surface area contributed by atoms with Crippen LogP contribution in [-0.2, 0) is 10.5 Å². The van der Waals surface area contributed by atoms with Gasteiger partial charge in [0.1, 0.15) is 5.76 Å². The van der Waals surface area contributed by atoms with Crippen LogP contribution in [0.4, 0.5) is 0 Å². The molecule has 1 aromatic heterocycles. The highest BCUT2D eigenvalue weighted by Crippen LogP contribution is 2.29. The summed E-state index contributed by atoms with van der Waals surface area (Å²) in [5, 5.41) is 0.551. The van der Waals surface area contributed by atoms with Gasteiger partial charge in [-0.05, 0) is 25.5 Å². The average Bonchev–Trinajstić information content (AvgIpc) is 2.84. The summed E-state index contributed by atoms with van der Waals surface area (Å²) >= 11 is 1.83. The lowest BCUT2D eigenvalue weighted by atomic mass is 10.3. The largest absolute Gasteiger partial charge is 0.457 e. The summed E-state index contributed by atoms with van der Waals surface area (Å²) < 4.78 is 10.8. The summed E-state index contributed by atoms with van der Waals surface area (Å²) in [5.74, 6) is 2.08. The van der Waals surface area contributed by atoms with Gasteiger partial charge in [-0.1, -0.05) is 0 Å². The summed E-state index contributed by atoms with van der Waals surface area (Å²) in [5.41, 5.74) is 0. The molecular weight excluding hydrogens is 212 g/mol. The van der Waals surface area contributed by atoms with E-state index in [4.69, 9.17) is 9.15 Å². The SMILES string of the molecule is CC1OCCC1SCc1ccc(C=O)o1. The molecule has 2 heterocycles. The van der Waals surface area contributed by atoms with Crippen LogP contribution in [0, 0.1) is 0 Å². The van der Waals surface area contributed by atoms with Crippen molar-refractivity contribution in [2.75, 3.05) is 6.61 Å². The fourth-order valence-corrected chi connectivity index (χ4v) is 2.80. The standard InChI is InChI=1S/C11H14O3S/c1-8-11(4-5-13-8)15-7-10-3-2-9(6-12)14-10/h2-3,6,8,11H,4-5,7H2,1H3. The maximum absolute atomic E-state index is 10.4. The molecule has 0 amide bonds. The number of hydrogen-bond donors (Lipinski definition) is 0. The van der Waals surface area contributed by atoms with Crippen LogP contribution < -0.4 is 0 Å². The predicted octanol–water partition coefficient (Wildman–Crippen LogP) is 2.50. The molecule has 0 radical (unpaired) electrons.